The topological polar surface area (TPSA) is 117 Å². The molecule has 3 aromatic heterocycles. The molecule has 0 aromatic carbocycles. The number of fused-ring (bicyclic) bond motifs is 4. The minimum Gasteiger partial charge on any atom is -0.353 e. The van der Waals surface area contributed by atoms with Gasteiger partial charge in [-0.3, -0.25) is 14.9 Å². The lowest BCUT2D eigenvalue weighted by Gasteiger charge is -2.42. The number of carbonyl (C=O) groups is 2. The summed E-state index contributed by atoms with van der Waals surface area (Å²) in [5.41, 5.74) is 1.16. The lowest BCUT2D eigenvalue weighted by Crippen LogP contribution is -2.50. The number of hydrogen-bond donors (Lipinski definition) is 1. The lowest BCUT2D eigenvalue weighted by molar-refractivity contribution is 0.0589. The Bertz CT molecular complexity index is 1330. The van der Waals surface area contributed by atoms with Gasteiger partial charge in [0.15, 0.2) is 10.7 Å². The highest BCUT2D eigenvalue weighted by atomic mass is 32.1. The maximum absolute atomic E-state index is 13.4. The first-order chi connectivity index (χ1) is 17.6. The van der Waals surface area contributed by atoms with Crippen LogP contribution >= 0.6 is 11.5 Å². The highest BCUT2D eigenvalue weighted by Crippen LogP contribution is 2.36. The van der Waals surface area contributed by atoms with E-state index in [9.17, 15) is 14.4 Å². The highest BCUT2D eigenvalue weighted by Gasteiger charge is 2.38. The maximum Gasteiger partial charge on any atom is 0.322 e. The first-order valence-corrected chi connectivity index (χ1v) is 12.9. The van der Waals surface area contributed by atoms with Gasteiger partial charge in [0.25, 0.3) is 11.5 Å². The molecule has 2 bridgehead atoms. The number of rotatable bonds is 3. The number of likely N-dealkylation sites (tertiary alicyclic amines) is 1. The number of carbonyl (C=O) groups excluding carboxylic acids is 2. The van der Waals surface area contributed by atoms with Gasteiger partial charge >= 0.3 is 6.03 Å². The van der Waals surface area contributed by atoms with Crippen LogP contribution in [0.15, 0.2) is 47.4 Å². The Kier molecular flexibility index (Phi) is 5.88. The fourth-order valence-electron chi connectivity index (χ4n) is 5.48. The first kappa shape index (κ1) is 22.7. The molecule has 1 N–H and O–H groups in total. The van der Waals surface area contributed by atoms with Crippen LogP contribution in [0.25, 0.3) is 0 Å². The van der Waals surface area contributed by atoms with E-state index in [-0.39, 0.29) is 35.0 Å². The van der Waals surface area contributed by atoms with Crippen LogP contribution in [0.1, 0.15) is 28.5 Å². The molecule has 0 spiro atoms. The van der Waals surface area contributed by atoms with Crippen molar-refractivity contribution in [3.63, 3.8) is 0 Å². The Balaban J connectivity index is 1.11. The molecule has 12 heteroatoms. The van der Waals surface area contributed by atoms with Crippen molar-refractivity contribution >= 4 is 34.3 Å². The summed E-state index contributed by atoms with van der Waals surface area (Å²) >= 11 is 1.01. The summed E-state index contributed by atoms with van der Waals surface area (Å²) in [5, 5.41) is 7.29. The number of anilines is 2. The molecule has 2 atom stereocenters. The zero-order valence-electron chi connectivity index (χ0n) is 19.6. The summed E-state index contributed by atoms with van der Waals surface area (Å²) in [4.78, 5) is 48.7. The zero-order valence-corrected chi connectivity index (χ0v) is 20.4. The predicted octanol–water partition coefficient (Wildman–Crippen LogP) is 1.71. The van der Waals surface area contributed by atoms with E-state index in [1.165, 1.54) is 0 Å². The van der Waals surface area contributed by atoms with E-state index >= 15 is 0 Å². The van der Waals surface area contributed by atoms with Gasteiger partial charge in [-0.25, -0.2) is 9.78 Å². The van der Waals surface area contributed by atoms with Gasteiger partial charge in [-0.2, -0.15) is 0 Å². The van der Waals surface area contributed by atoms with Crippen molar-refractivity contribution in [3.8, 4) is 0 Å². The molecule has 186 valence electrons. The number of nitrogens with zero attached hydrogens (tertiary/aromatic N) is 7. The predicted molar refractivity (Wildman–Crippen MR) is 134 cm³/mol. The molecule has 0 radical (unpaired) electrons. The van der Waals surface area contributed by atoms with Gasteiger partial charge < -0.3 is 19.3 Å². The fourth-order valence-corrected chi connectivity index (χ4v) is 6.03. The molecule has 0 unspecified atom stereocenters. The molecule has 11 nitrogen and oxygen atoms in total. The van der Waals surface area contributed by atoms with Crippen LogP contribution in [-0.4, -0.2) is 80.1 Å². The summed E-state index contributed by atoms with van der Waals surface area (Å²) in [5.74, 6) is 0.979. The normalized spacial score (nSPS) is 21.2. The van der Waals surface area contributed by atoms with Gasteiger partial charge in [-0.1, -0.05) is 16.6 Å². The Morgan fingerprint density at radius 1 is 0.972 bits per heavy atom. The molecule has 6 rings (SSSR count). The van der Waals surface area contributed by atoms with E-state index in [0.29, 0.717) is 50.8 Å². The van der Waals surface area contributed by atoms with E-state index in [4.69, 9.17) is 0 Å². The summed E-state index contributed by atoms with van der Waals surface area (Å²) in [6.45, 7) is 4.13. The second-order valence-electron chi connectivity index (χ2n) is 9.45. The Morgan fingerprint density at radius 2 is 1.83 bits per heavy atom. The molecular formula is C24H26N8O3S. The second kappa shape index (κ2) is 9.34. The third-order valence-electron chi connectivity index (χ3n) is 7.22. The summed E-state index contributed by atoms with van der Waals surface area (Å²) in [6.07, 6.45) is 2.72. The van der Waals surface area contributed by atoms with Crippen LogP contribution in [0.5, 0.6) is 0 Å². The molecule has 2 saturated heterocycles. The maximum atomic E-state index is 13.4. The molecule has 3 aromatic rings. The van der Waals surface area contributed by atoms with E-state index in [1.807, 2.05) is 28.8 Å². The molecule has 36 heavy (non-hydrogen) atoms. The average molecular weight is 507 g/mol. The molecular weight excluding hydrogens is 480 g/mol. The SMILES string of the molecule is O=C(Nc1snnc1C(=O)N1C[C@H]2C[C@@H](C1)c1cccc(=O)n1C2)N1CCN(c2ccccn2)CC1. The number of hydrogen-bond acceptors (Lipinski definition) is 8. The summed E-state index contributed by atoms with van der Waals surface area (Å²) < 4.78 is 5.79. The fraction of sp³-hybridized carbons (Fsp3) is 0.417. The largest absolute Gasteiger partial charge is 0.353 e. The third-order valence-corrected chi connectivity index (χ3v) is 7.86. The third kappa shape index (κ3) is 4.21. The molecule has 0 saturated carbocycles. The van der Waals surface area contributed by atoms with Crippen LogP contribution in [0, 0.1) is 5.92 Å². The van der Waals surface area contributed by atoms with Gasteiger partial charge in [0, 0.05) is 81.2 Å². The van der Waals surface area contributed by atoms with Gasteiger partial charge in [-0.15, -0.1) is 5.10 Å². The highest BCUT2D eigenvalue weighted by molar-refractivity contribution is 7.10. The van der Waals surface area contributed by atoms with Crippen LogP contribution in [0.2, 0.25) is 0 Å². The molecule has 3 aliphatic heterocycles. The van der Waals surface area contributed by atoms with Crippen LogP contribution in [0.3, 0.4) is 0 Å². The zero-order chi connectivity index (χ0) is 24.6. The van der Waals surface area contributed by atoms with Crippen LogP contribution in [0.4, 0.5) is 15.6 Å². The standard InChI is InChI=1S/C24H26N8O3S/c33-20-6-3-4-18-17-12-16(14-32(18)20)13-31(15-17)23(34)21-22(36-28-27-21)26-24(35)30-10-8-29(9-11-30)19-5-1-2-7-25-19/h1-7,16-17H,8-15H2,(H,26,35)/t16-,17+/m1/s1. The van der Waals surface area contributed by atoms with Crippen molar-refractivity contribution < 1.29 is 9.59 Å². The number of piperazine rings is 1. The minimum absolute atomic E-state index is 0.0107. The number of amides is 3. The molecule has 0 aliphatic carbocycles. The van der Waals surface area contributed by atoms with Gasteiger partial charge in [-0.05, 0) is 30.5 Å². The van der Waals surface area contributed by atoms with Crippen molar-refractivity contribution in [3.05, 3.63) is 64.3 Å². The van der Waals surface area contributed by atoms with Crippen molar-refractivity contribution in [2.75, 3.05) is 49.5 Å². The monoisotopic (exact) mass is 506 g/mol. The molecule has 3 aliphatic rings. The van der Waals surface area contributed by atoms with E-state index in [0.717, 1.165) is 29.5 Å². The number of nitrogens with one attached hydrogen (secondary N) is 1. The Hall–Kier alpha value is -3.80. The first-order valence-electron chi connectivity index (χ1n) is 12.1. The van der Waals surface area contributed by atoms with Crippen molar-refractivity contribution in [1.82, 2.24) is 28.9 Å². The van der Waals surface area contributed by atoms with Gasteiger partial charge in [0.2, 0.25) is 0 Å². The molecule has 6 heterocycles. The molecule has 3 amide bonds. The average Bonchev–Trinajstić information content (AvgIpc) is 3.37. The van der Waals surface area contributed by atoms with Crippen LogP contribution < -0.4 is 15.8 Å². The number of pyridine rings is 2. The smallest absolute Gasteiger partial charge is 0.322 e. The number of piperidine rings is 1. The van der Waals surface area contributed by atoms with Gasteiger partial charge in [0.1, 0.15) is 5.82 Å². The van der Waals surface area contributed by atoms with Crippen molar-refractivity contribution in [2.24, 2.45) is 5.92 Å². The molecule has 2 fully saturated rings. The number of aromatic nitrogens is 4. The van der Waals surface area contributed by atoms with E-state index in [1.54, 1.807) is 28.1 Å². The van der Waals surface area contributed by atoms with Gasteiger partial charge in [0.05, 0.1) is 0 Å². The Morgan fingerprint density at radius 3 is 2.64 bits per heavy atom. The Labute approximate surface area is 211 Å². The summed E-state index contributed by atoms with van der Waals surface area (Å²) in [6, 6.07) is 10.9. The summed E-state index contributed by atoms with van der Waals surface area (Å²) in [7, 11) is 0. The minimum atomic E-state index is -0.264. The van der Waals surface area contributed by atoms with Crippen molar-refractivity contribution in [1.29, 1.82) is 0 Å². The van der Waals surface area contributed by atoms with Crippen molar-refractivity contribution in [2.45, 2.75) is 18.9 Å². The second-order valence-corrected chi connectivity index (χ2v) is 10.2. The number of urea groups is 1. The van der Waals surface area contributed by atoms with E-state index < -0.39 is 0 Å². The van der Waals surface area contributed by atoms with Crippen LogP contribution in [-0.2, 0) is 6.54 Å². The lowest BCUT2D eigenvalue weighted by atomic mass is 9.83. The quantitative estimate of drug-likeness (QED) is 0.575. The van der Waals surface area contributed by atoms with E-state index in [2.05, 4.69) is 24.8 Å².